The molecule has 3 heterocycles. The maximum absolute atomic E-state index is 13.1. The van der Waals surface area contributed by atoms with E-state index in [0.29, 0.717) is 16.2 Å². The van der Waals surface area contributed by atoms with Crippen molar-refractivity contribution in [2.24, 2.45) is 0 Å². The highest BCUT2D eigenvalue weighted by molar-refractivity contribution is 7.91. The van der Waals surface area contributed by atoms with Crippen LogP contribution in [0.2, 0.25) is 0 Å². The SMILES string of the molecule is O=S(=O)(c1ccccc1)c1c[nH]c2c1N(N1CCNCC1)C=CC2. The van der Waals surface area contributed by atoms with Crippen molar-refractivity contribution in [2.45, 2.75) is 16.2 Å². The molecule has 0 aliphatic carbocycles. The summed E-state index contributed by atoms with van der Waals surface area (Å²) in [4.78, 5) is 3.82. The summed E-state index contributed by atoms with van der Waals surface area (Å²) < 4.78 is 26.2. The maximum atomic E-state index is 13.1. The second kappa shape index (κ2) is 6.08. The number of piperazine rings is 1. The van der Waals surface area contributed by atoms with Crippen LogP contribution in [-0.2, 0) is 16.3 Å². The number of sulfone groups is 1. The van der Waals surface area contributed by atoms with Crippen molar-refractivity contribution in [3.8, 4) is 0 Å². The highest BCUT2D eigenvalue weighted by atomic mass is 32.2. The fourth-order valence-corrected chi connectivity index (χ4v) is 4.68. The molecule has 0 spiro atoms. The molecule has 1 saturated heterocycles. The smallest absolute Gasteiger partial charge is 0.210 e. The van der Waals surface area contributed by atoms with Gasteiger partial charge in [-0.2, -0.15) is 0 Å². The van der Waals surface area contributed by atoms with E-state index in [4.69, 9.17) is 0 Å². The normalized spacial score (nSPS) is 18.6. The lowest BCUT2D eigenvalue weighted by atomic mass is 10.2. The van der Waals surface area contributed by atoms with Crippen LogP contribution >= 0.6 is 0 Å². The molecule has 1 aromatic carbocycles. The topological polar surface area (TPSA) is 68.4 Å². The van der Waals surface area contributed by atoms with E-state index in [2.05, 4.69) is 21.4 Å². The fourth-order valence-electron chi connectivity index (χ4n) is 3.23. The van der Waals surface area contributed by atoms with Crippen LogP contribution < -0.4 is 10.3 Å². The first-order chi connectivity index (χ1) is 11.7. The van der Waals surface area contributed by atoms with Crippen LogP contribution in [-0.4, -0.2) is 44.6 Å². The zero-order valence-corrected chi connectivity index (χ0v) is 14.1. The van der Waals surface area contributed by atoms with Crippen LogP contribution in [0.4, 0.5) is 5.69 Å². The molecular formula is C17H20N4O2S. The number of hydrazine groups is 1. The number of nitrogens with zero attached hydrogens (tertiary/aromatic N) is 2. The van der Waals surface area contributed by atoms with E-state index >= 15 is 0 Å². The van der Waals surface area contributed by atoms with Crippen molar-refractivity contribution in [2.75, 3.05) is 31.2 Å². The van der Waals surface area contributed by atoms with Gasteiger partial charge in [0.2, 0.25) is 9.84 Å². The minimum atomic E-state index is -3.56. The van der Waals surface area contributed by atoms with E-state index < -0.39 is 9.84 Å². The van der Waals surface area contributed by atoms with E-state index in [1.54, 1.807) is 30.5 Å². The van der Waals surface area contributed by atoms with Gasteiger partial charge in [-0.05, 0) is 12.1 Å². The third-order valence-electron chi connectivity index (χ3n) is 4.44. The molecule has 4 rings (SSSR count). The van der Waals surface area contributed by atoms with Crippen molar-refractivity contribution in [1.82, 2.24) is 15.3 Å². The van der Waals surface area contributed by atoms with Crippen molar-refractivity contribution < 1.29 is 8.42 Å². The van der Waals surface area contributed by atoms with Crippen molar-refractivity contribution in [3.05, 3.63) is 54.5 Å². The number of benzene rings is 1. The molecule has 1 fully saturated rings. The number of H-pyrrole nitrogens is 1. The zero-order chi connectivity index (χ0) is 16.6. The number of aromatic nitrogens is 1. The number of anilines is 1. The van der Waals surface area contributed by atoms with Gasteiger partial charge in [0.25, 0.3) is 0 Å². The van der Waals surface area contributed by atoms with Crippen LogP contribution in [0.15, 0.2) is 58.6 Å². The molecular weight excluding hydrogens is 324 g/mol. The maximum Gasteiger partial charge on any atom is 0.210 e. The second-order valence-corrected chi connectivity index (χ2v) is 7.85. The Bertz CT molecular complexity index is 852. The Morgan fingerprint density at radius 3 is 2.54 bits per heavy atom. The third kappa shape index (κ3) is 2.54. The molecule has 0 radical (unpaired) electrons. The van der Waals surface area contributed by atoms with Crippen molar-refractivity contribution in [1.29, 1.82) is 0 Å². The van der Waals surface area contributed by atoms with Gasteiger partial charge >= 0.3 is 0 Å². The van der Waals surface area contributed by atoms with Crippen LogP contribution in [0, 0.1) is 0 Å². The molecule has 0 amide bonds. The number of hydrogen-bond acceptors (Lipinski definition) is 5. The summed E-state index contributed by atoms with van der Waals surface area (Å²) in [5, 5.41) is 7.50. The predicted octanol–water partition coefficient (Wildman–Crippen LogP) is 1.54. The Morgan fingerprint density at radius 2 is 1.79 bits per heavy atom. The van der Waals surface area contributed by atoms with Gasteiger partial charge in [0, 0.05) is 50.7 Å². The Morgan fingerprint density at radius 1 is 1.04 bits per heavy atom. The summed E-state index contributed by atoms with van der Waals surface area (Å²) in [6.07, 6.45) is 6.36. The largest absolute Gasteiger partial charge is 0.362 e. The van der Waals surface area contributed by atoms with Crippen molar-refractivity contribution in [3.63, 3.8) is 0 Å². The summed E-state index contributed by atoms with van der Waals surface area (Å²) in [5.74, 6) is 0. The lowest BCUT2D eigenvalue weighted by Gasteiger charge is -2.38. The summed E-state index contributed by atoms with van der Waals surface area (Å²) >= 11 is 0. The first-order valence-electron chi connectivity index (χ1n) is 8.10. The molecule has 126 valence electrons. The summed E-state index contributed by atoms with van der Waals surface area (Å²) in [6.45, 7) is 3.48. The first-order valence-corrected chi connectivity index (χ1v) is 9.58. The number of allylic oxidation sites excluding steroid dienone is 1. The van der Waals surface area contributed by atoms with E-state index in [-0.39, 0.29) is 0 Å². The number of hydrogen-bond donors (Lipinski definition) is 2. The first kappa shape index (κ1) is 15.4. The number of nitrogens with one attached hydrogen (secondary N) is 2. The molecule has 7 heteroatoms. The fraction of sp³-hybridized carbons (Fsp3) is 0.294. The van der Waals surface area contributed by atoms with Gasteiger partial charge in [0.1, 0.15) is 4.90 Å². The van der Waals surface area contributed by atoms with Gasteiger partial charge in [-0.3, -0.25) is 5.01 Å². The lowest BCUT2D eigenvalue weighted by Crippen LogP contribution is -2.51. The number of fused-ring (bicyclic) bond motifs is 1. The average molecular weight is 344 g/mol. The van der Waals surface area contributed by atoms with E-state index in [0.717, 1.165) is 37.6 Å². The van der Waals surface area contributed by atoms with Crippen LogP contribution in [0.5, 0.6) is 0 Å². The molecule has 0 bridgehead atoms. The standard InChI is InChI=1S/C17H20N4O2S/c22-24(23,14-5-2-1-3-6-14)16-13-19-15-7-4-10-21(17(15)16)20-11-8-18-9-12-20/h1-6,10,13,18-19H,7-9,11-12H2. The van der Waals surface area contributed by atoms with Gasteiger partial charge in [0.15, 0.2) is 0 Å². The summed E-state index contributed by atoms with van der Waals surface area (Å²) in [6, 6.07) is 8.60. The molecule has 6 nitrogen and oxygen atoms in total. The average Bonchev–Trinajstić information content (AvgIpc) is 3.08. The molecule has 1 aromatic heterocycles. The molecule has 24 heavy (non-hydrogen) atoms. The van der Waals surface area contributed by atoms with Crippen molar-refractivity contribution >= 4 is 15.5 Å². The zero-order valence-electron chi connectivity index (χ0n) is 13.3. The van der Waals surface area contributed by atoms with Gasteiger partial charge < -0.3 is 10.3 Å². The molecule has 2 N–H and O–H groups in total. The van der Waals surface area contributed by atoms with Crippen LogP contribution in [0.3, 0.4) is 0 Å². The van der Waals surface area contributed by atoms with E-state index in [9.17, 15) is 8.42 Å². The van der Waals surface area contributed by atoms with Crippen LogP contribution in [0.25, 0.3) is 0 Å². The molecule has 0 atom stereocenters. The van der Waals surface area contributed by atoms with Crippen LogP contribution in [0.1, 0.15) is 5.69 Å². The van der Waals surface area contributed by atoms with Gasteiger partial charge in [-0.15, -0.1) is 0 Å². The molecule has 2 aliphatic heterocycles. The Kier molecular flexibility index (Phi) is 3.91. The Hall–Kier alpha value is -2.09. The molecule has 0 saturated carbocycles. The minimum absolute atomic E-state index is 0.321. The molecule has 2 aliphatic rings. The third-order valence-corrected chi connectivity index (χ3v) is 6.22. The molecule has 2 aromatic rings. The summed E-state index contributed by atoms with van der Waals surface area (Å²) in [5.41, 5.74) is 1.69. The summed E-state index contributed by atoms with van der Waals surface area (Å²) in [7, 11) is -3.56. The minimum Gasteiger partial charge on any atom is -0.362 e. The van der Waals surface area contributed by atoms with E-state index in [1.165, 1.54) is 0 Å². The Labute approximate surface area is 141 Å². The quantitative estimate of drug-likeness (QED) is 0.884. The Balaban J connectivity index is 1.79. The predicted molar refractivity (Wildman–Crippen MR) is 92.5 cm³/mol. The van der Waals surface area contributed by atoms with Gasteiger partial charge in [-0.1, -0.05) is 24.3 Å². The number of aromatic amines is 1. The lowest BCUT2D eigenvalue weighted by molar-refractivity contribution is 0.239. The van der Waals surface area contributed by atoms with E-state index in [1.807, 2.05) is 17.3 Å². The van der Waals surface area contributed by atoms with Gasteiger partial charge in [-0.25, -0.2) is 13.4 Å². The number of rotatable bonds is 3. The van der Waals surface area contributed by atoms with Gasteiger partial charge in [0.05, 0.1) is 10.6 Å². The second-order valence-electron chi connectivity index (χ2n) is 5.93. The molecule has 0 unspecified atom stereocenters. The monoisotopic (exact) mass is 344 g/mol. The highest BCUT2D eigenvalue weighted by Crippen LogP contribution is 2.36. The highest BCUT2D eigenvalue weighted by Gasteiger charge is 2.31.